The van der Waals surface area contributed by atoms with E-state index in [1.807, 2.05) is 19.9 Å². The van der Waals surface area contributed by atoms with Gasteiger partial charge in [0.15, 0.2) is 11.5 Å². The zero-order chi connectivity index (χ0) is 25.1. The molecule has 1 heterocycles. The lowest BCUT2D eigenvalue weighted by molar-refractivity contribution is -0.122. The van der Waals surface area contributed by atoms with E-state index in [2.05, 4.69) is 5.32 Å². The third-order valence-electron chi connectivity index (χ3n) is 5.35. The van der Waals surface area contributed by atoms with Gasteiger partial charge in [-0.2, -0.15) is 0 Å². The van der Waals surface area contributed by atoms with Crippen LogP contribution in [0.2, 0.25) is 0 Å². The quantitative estimate of drug-likeness (QED) is 0.260. The van der Waals surface area contributed by atoms with Crippen LogP contribution >= 0.6 is 0 Å². The molecule has 3 aromatic rings. The molecule has 1 saturated heterocycles. The summed E-state index contributed by atoms with van der Waals surface area (Å²) in [6.45, 7) is 3.75. The van der Waals surface area contributed by atoms with Crippen molar-refractivity contribution < 1.29 is 28.7 Å². The first-order valence-electron chi connectivity index (χ1n) is 10.7. The molecule has 0 aliphatic carbocycles. The third-order valence-corrected chi connectivity index (χ3v) is 5.35. The van der Waals surface area contributed by atoms with E-state index in [1.54, 1.807) is 48.5 Å². The number of carbonyl (C=O) groups is 4. The minimum Gasteiger partial charge on any atom is -0.493 e. The molecule has 1 N–H and O–H groups in total. The molecule has 35 heavy (non-hydrogen) atoms. The van der Waals surface area contributed by atoms with Crippen LogP contribution in [0.1, 0.15) is 27.0 Å². The number of ether oxygens (including phenoxy) is 2. The normalized spacial score (nSPS) is 14.7. The lowest BCUT2D eigenvalue weighted by atomic mass is 10.1. The van der Waals surface area contributed by atoms with Crippen LogP contribution in [0.5, 0.6) is 11.5 Å². The number of esters is 1. The Labute approximate surface area is 201 Å². The molecule has 0 unspecified atom stereocenters. The average Bonchev–Trinajstić information content (AvgIpc) is 2.83. The van der Waals surface area contributed by atoms with Crippen molar-refractivity contribution in [3.63, 3.8) is 0 Å². The zero-order valence-electron chi connectivity index (χ0n) is 19.3. The van der Waals surface area contributed by atoms with Gasteiger partial charge >= 0.3 is 12.0 Å². The fraction of sp³-hybridized carbons (Fsp3) is 0.111. The first-order valence-corrected chi connectivity index (χ1v) is 10.7. The molecule has 0 radical (unpaired) electrons. The number of methoxy groups -OCH3 is 1. The summed E-state index contributed by atoms with van der Waals surface area (Å²) < 4.78 is 10.8. The highest BCUT2D eigenvalue weighted by molar-refractivity contribution is 6.39. The highest BCUT2D eigenvalue weighted by atomic mass is 16.6. The van der Waals surface area contributed by atoms with Crippen molar-refractivity contribution in [2.24, 2.45) is 0 Å². The van der Waals surface area contributed by atoms with Crippen LogP contribution in [0.4, 0.5) is 10.5 Å². The molecule has 0 aromatic heterocycles. The van der Waals surface area contributed by atoms with Gasteiger partial charge in [0.1, 0.15) is 5.57 Å². The second-order valence-corrected chi connectivity index (χ2v) is 7.96. The first-order chi connectivity index (χ1) is 16.8. The molecule has 0 atom stereocenters. The topological polar surface area (TPSA) is 102 Å². The van der Waals surface area contributed by atoms with E-state index in [-0.39, 0.29) is 17.1 Å². The van der Waals surface area contributed by atoms with Crippen molar-refractivity contribution in [3.05, 3.63) is 94.6 Å². The van der Waals surface area contributed by atoms with Gasteiger partial charge in [-0.3, -0.25) is 14.9 Å². The Balaban J connectivity index is 1.62. The van der Waals surface area contributed by atoms with Crippen LogP contribution in [-0.4, -0.2) is 30.9 Å². The predicted octanol–water partition coefficient (Wildman–Crippen LogP) is 4.20. The molecule has 1 aliphatic heterocycles. The summed E-state index contributed by atoms with van der Waals surface area (Å²) in [5, 5.41) is 2.19. The number of amides is 4. The number of rotatable bonds is 5. The van der Waals surface area contributed by atoms with Crippen molar-refractivity contribution in [3.8, 4) is 11.5 Å². The van der Waals surface area contributed by atoms with Gasteiger partial charge in [-0.05, 0) is 67.4 Å². The van der Waals surface area contributed by atoms with Gasteiger partial charge in [0.25, 0.3) is 11.8 Å². The van der Waals surface area contributed by atoms with Crippen LogP contribution in [0.15, 0.2) is 72.3 Å². The number of benzene rings is 3. The molecule has 3 aromatic carbocycles. The average molecular weight is 470 g/mol. The largest absolute Gasteiger partial charge is 0.493 e. The number of hydrogen-bond acceptors (Lipinski definition) is 6. The van der Waals surface area contributed by atoms with Crippen molar-refractivity contribution in [2.75, 3.05) is 12.0 Å². The zero-order valence-corrected chi connectivity index (χ0v) is 19.3. The van der Waals surface area contributed by atoms with Crippen LogP contribution in [0, 0.1) is 13.8 Å². The van der Waals surface area contributed by atoms with Gasteiger partial charge in [-0.1, -0.05) is 35.9 Å². The summed E-state index contributed by atoms with van der Waals surface area (Å²) in [5.74, 6) is -1.70. The summed E-state index contributed by atoms with van der Waals surface area (Å²) in [5.41, 5.74) is 2.81. The highest BCUT2D eigenvalue weighted by Crippen LogP contribution is 2.30. The van der Waals surface area contributed by atoms with Crippen molar-refractivity contribution >= 4 is 35.6 Å². The van der Waals surface area contributed by atoms with Crippen LogP contribution in [0.25, 0.3) is 6.08 Å². The Morgan fingerprint density at radius 1 is 0.886 bits per heavy atom. The maximum absolute atomic E-state index is 13.1. The van der Waals surface area contributed by atoms with Gasteiger partial charge in [0.2, 0.25) is 0 Å². The molecule has 0 bridgehead atoms. The molecule has 1 aliphatic rings. The Bertz CT molecular complexity index is 1370. The number of barbiturate groups is 1. The molecular formula is C27H22N2O6. The summed E-state index contributed by atoms with van der Waals surface area (Å²) >= 11 is 0. The minimum atomic E-state index is -0.821. The number of urea groups is 1. The van der Waals surface area contributed by atoms with E-state index >= 15 is 0 Å². The minimum absolute atomic E-state index is 0.177. The second-order valence-electron chi connectivity index (χ2n) is 7.96. The van der Waals surface area contributed by atoms with Crippen molar-refractivity contribution in [1.82, 2.24) is 5.32 Å². The summed E-state index contributed by atoms with van der Waals surface area (Å²) in [6, 6.07) is 17.5. The summed E-state index contributed by atoms with van der Waals surface area (Å²) in [4.78, 5) is 51.3. The second kappa shape index (κ2) is 9.64. The van der Waals surface area contributed by atoms with Crippen LogP contribution in [-0.2, 0) is 9.59 Å². The third kappa shape index (κ3) is 4.96. The Hall–Kier alpha value is -4.72. The van der Waals surface area contributed by atoms with E-state index < -0.39 is 23.8 Å². The first kappa shape index (κ1) is 23.4. The Morgan fingerprint density at radius 3 is 2.31 bits per heavy atom. The number of hydrogen-bond donors (Lipinski definition) is 1. The molecule has 8 nitrogen and oxygen atoms in total. The fourth-order valence-corrected chi connectivity index (χ4v) is 3.53. The number of nitrogens with one attached hydrogen (secondary N) is 1. The number of aryl methyl sites for hydroxylation is 2. The SMILES string of the molecule is COc1cc(/C=C2\C(=O)NC(=O)N(c3cccc(C)c3)C2=O)ccc1OC(=O)c1ccc(C)cc1. The van der Waals surface area contributed by atoms with Gasteiger partial charge in [-0.15, -0.1) is 0 Å². The fourth-order valence-electron chi connectivity index (χ4n) is 3.53. The molecule has 0 saturated carbocycles. The summed E-state index contributed by atoms with van der Waals surface area (Å²) in [6.07, 6.45) is 1.35. The molecular weight excluding hydrogens is 448 g/mol. The van der Waals surface area contributed by atoms with E-state index in [0.717, 1.165) is 16.0 Å². The standard InChI is InChI=1S/C27H22N2O6/c1-16-7-10-19(11-8-16)26(32)35-22-12-9-18(15-23(22)34-3)14-21-24(30)28-27(33)29(25(21)31)20-6-4-5-17(2)13-20/h4-15H,1-3H3,(H,28,30,33)/b21-14+. The van der Waals surface area contributed by atoms with Crippen LogP contribution < -0.4 is 19.7 Å². The highest BCUT2D eigenvalue weighted by Gasteiger charge is 2.36. The van der Waals surface area contributed by atoms with Gasteiger partial charge < -0.3 is 9.47 Å². The molecule has 1 fully saturated rings. The van der Waals surface area contributed by atoms with E-state index in [9.17, 15) is 19.2 Å². The van der Waals surface area contributed by atoms with Gasteiger partial charge in [-0.25, -0.2) is 14.5 Å². The van der Waals surface area contributed by atoms with Crippen LogP contribution in [0.3, 0.4) is 0 Å². The predicted molar refractivity (Wildman–Crippen MR) is 129 cm³/mol. The monoisotopic (exact) mass is 470 g/mol. The molecule has 176 valence electrons. The number of nitrogens with zero attached hydrogens (tertiary/aromatic N) is 1. The maximum atomic E-state index is 13.1. The molecule has 4 amide bonds. The summed E-state index contributed by atoms with van der Waals surface area (Å²) in [7, 11) is 1.41. The maximum Gasteiger partial charge on any atom is 0.343 e. The Morgan fingerprint density at radius 2 is 1.63 bits per heavy atom. The van der Waals surface area contributed by atoms with E-state index in [4.69, 9.17) is 9.47 Å². The lowest BCUT2D eigenvalue weighted by Crippen LogP contribution is -2.54. The van der Waals surface area contributed by atoms with Crippen molar-refractivity contribution in [1.29, 1.82) is 0 Å². The number of imide groups is 2. The van der Waals surface area contributed by atoms with Crippen molar-refractivity contribution in [2.45, 2.75) is 13.8 Å². The molecule has 8 heteroatoms. The van der Waals surface area contributed by atoms with E-state index in [1.165, 1.54) is 25.3 Å². The van der Waals surface area contributed by atoms with Gasteiger partial charge in [0, 0.05) is 0 Å². The lowest BCUT2D eigenvalue weighted by Gasteiger charge is -2.26. The number of anilines is 1. The Kier molecular flexibility index (Phi) is 6.46. The van der Waals surface area contributed by atoms with Gasteiger partial charge in [0.05, 0.1) is 18.4 Å². The molecule has 0 spiro atoms. The van der Waals surface area contributed by atoms with E-state index in [0.29, 0.717) is 16.8 Å². The number of carbonyl (C=O) groups excluding carboxylic acids is 4. The smallest absolute Gasteiger partial charge is 0.343 e. The molecule has 4 rings (SSSR count).